The molecule has 1 amide bonds. The number of nitrogens with zero attached hydrogens (tertiary/aromatic N) is 6. The maximum absolute atomic E-state index is 13.4. The number of imidazole rings is 1. The number of carbonyl (C=O) groups is 1. The lowest BCUT2D eigenvalue weighted by Gasteiger charge is -2.31. The number of ether oxygens (including phenoxy) is 3. The summed E-state index contributed by atoms with van der Waals surface area (Å²) in [7, 11) is 0.475. The molecule has 10 nitrogen and oxygen atoms in total. The van der Waals surface area contributed by atoms with Crippen LogP contribution in [0.4, 0.5) is 16.3 Å². The molecule has 3 heterocycles. The molecule has 0 unspecified atom stereocenters. The number of amides is 1. The Hall–Kier alpha value is -2.93. The van der Waals surface area contributed by atoms with E-state index in [-0.39, 0.29) is 6.54 Å². The Kier molecular flexibility index (Phi) is 9.55. The maximum atomic E-state index is 13.4. The minimum atomic E-state index is -1.18. The molecule has 12 heteroatoms. The summed E-state index contributed by atoms with van der Waals surface area (Å²) in [6.45, 7) is 14.6. The Morgan fingerprint density at radius 2 is 1.82 bits per heavy atom. The summed E-state index contributed by atoms with van der Waals surface area (Å²) in [6, 6.07) is 7.24. The quantitative estimate of drug-likeness (QED) is 0.195. The van der Waals surface area contributed by atoms with Crippen molar-refractivity contribution in [3.05, 3.63) is 54.4 Å². The van der Waals surface area contributed by atoms with Crippen LogP contribution in [0.3, 0.4) is 0 Å². The van der Waals surface area contributed by atoms with Crippen molar-refractivity contribution in [2.75, 3.05) is 25.3 Å². The molecule has 0 atom stereocenters. The lowest BCUT2D eigenvalue weighted by atomic mass is 10.1. The first-order chi connectivity index (χ1) is 18.9. The van der Waals surface area contributed by atoms with E-state index in [9.17, 15) is 4.79 Å². The van der Waals surface area contributed by atoms with Crippen molar-refractivity contribution in [2.45, 2.75) is 81.8 Å². The summed E-state index contributed by atoms with van der Waals surface area (Å²) >= 11 is 1.57. The number of carbonyl (C=O) groups excluding carboxylic acids is 1. The molecule has 0 bridgehead atoms. The zero-order valence-electron chi connectivity index (χ0n) is 24.5. The van der Waals surface area contributed by atoms with Crippen LogP contribution in [0.2, 0.25) is 25.7 Å². The fourth-order valence-corrected chi connectivity index (χ4v) is 5.81. The Balaban J connectivity index is 1.55. The second-order valence-corrected chi connectivity index (χ2v) is 18.6. The van der Waals surface area contributed by atoms with Crippen LogP contribution in [0.5, 0.6) is 0 Å². The summed E-state index contributed by atoms with van der Waals surface area (Å²) in [5.41, 5.74) is 1.27. The number of hydrogen-bond acceptors (Lipinski definition) is 9. The average Bonchev–Trinajstić information content (AvgIpc) is 3.31. The van der Waals surface area contributed by atoms with Gasteiger partial charge in [0.15, 0.2) is 5.82 Å². The van der Waals surface area contributed by atoms with Gasteiger partial charge in [0.25, 0.3) is 0 Å². The molecule has 0 spiro atoms. The van der Waals surface area contributed by atoms with Crippen molar-refractivity contribution in [2.24, 2.45) is 0 Å². The van der Waals surface area contributed by atoms with Crippen LogP contribution in [-0.2, 0) is 34.0 Å². The van der Waals surface area contributed by atoms with E-state index in [0.717, 1.165) is 38.9 Å². The van der Waals surface area contributed by atoms with Gasteiger partial charge in [-0.25, -0.2) is 19.7 Å². The Bertz CT molecular complexity index is 1310. The van der Waals surface area contributed by atoms with Crippen LogP contribution in [0.25, 0.3) is 0 Å². The lowest BCUT2D eigenvalue weighted by Crippen LogP contribution is -2.37. The first-order valence-corrected chi connectivity index (χ1v) is 17.9. The van der Waals surface area contributed by atoms with Crippen molar-refractivity contribution in [1.29, 1.82) is 0 Å². The van der Waals surface area contributed by atoms with Gasteiger partial charge in [0.1, 0.15) is 29.9 Å². The largest absolute Gasteiger partial charge is 0.444 e. The van der Waals surface area contributed by atoms with Gasteiger partial charge >= 0.3 is 6.09 Å². The van der Waals surface area contributed by atoms with Gasteiger partial charge in [-0.15, -0.1) is 0 Å². The molecule has 0 saturated carbocycles. The van der Waals surface area contributed by atoms with Crippen molar-refractivity contribution >= 4 is 37.4 Å². The summed E-state index contributed by atoms with van der Waals surface area (Å²) in [6.07, 6.45) is 6.59. The molecule has 1 aliphatic heterocycles. The van der Waals surface area contributed by atoms with Crippen molar-refractivity contribution in [3.8, 4) is 0 Å². The fourth-order valence-electron chi connectivity index (χ4n) is 4.06. The number of benzene rings is 1. The van der Waals surface area contributed by atoms with Gasteiger partial charge in [0, 0.05) is 58.0 Å². The van der Waals surface area contributed by atoms with Gasteiger partial charge in [-0.2, -0.15) is 0 Å². The van der Waals surface area contributed by atoms with E-state index in [2.05, 4.69) is 46.7 Å². The number of methoxy groups -OCH3 is 1. The smallest absolute Gasteiger partial charge is 0.410 e. The van der Waals surface area contributed by atoms with E-state index in [1.807, 2.05) is 42.5 Å². The molecular formula is C28H40N6O4SSi. The minimum absolute atomic E-state index is 0.279. The highest BCUT2D eigenvalue weighted by molar-refractivity contribution is 7.99. The predicted molar refractivity (Wildman–Crippen MR) is 158 cm³/mol. The molecule has 0 radical (unpaired) electrons. The molecule has 216 valence electrons. The molecule has 4 rings (SSSR count). The predicted octanol–water partition coefficient (Wildman–Crippen LogP) is 6.13. The van der Waals surface area contributed by atoms with Crippen LogP contribution in [-0.4, -0.2) is 64.6 Å². The SMILES string of the molecule is COCN1c2cc(CN(Cc3nccn3COCC[Si](C)(C)C)C(=O)OC(C)(C)C)ccc2Sc2nccnc21. The third-order valence-corrected chi connectivity index (χ3v) is 8.82. The molecule has 1 aliphatic rings. The molecule has 40 heavy (non-hydrogen) atoms. The number of fused-ring (bicyclic) bond motifs is 2. The molecule has 0 aliphatic carbocycles. The highest BCUT2D eigenvalue weighted by Crippen LogP contribution is 2.46. The third kappa shape index (κ3) is 8.06. The molecule has 0 N–H and O–H groups in total. The number of rotatable bonds is 11. The second kappa shape index (κ2) is 12.7. The van der Waals surface area contributed by atoms with E-state index < -0.39 is 19.8 Å². The number of anilines is 2. The minimum Gasteiger partial charge on any atom is -0.444 e. The summed E-state index contributed by atoms with van der Waals surface area (Å²) in [5.74, 6) is 1.48. The monoisotopic (exact) mass is 584 g/mol. The van der Waals surface area contributed by atoms with Crippen LogP contribution in [0, 0.1) is 0 Å². The lowest BCUT2D eigenvalue weighted by molar-refractivity contribution is 0.0200. The standard InChI is InChI=1S/C28H40N6O4SSi/c1-28(2,3)38-27(35)33(18-24-29-12-13-32(24)19-37-14-15-40(5,6)7)17-21-8-9-23-22(16-21)34(20-36-4)25-26(39-23)31-11-10-30-25/h8-13,16H,14-15,17-20H2,1-7H3. The first kappa shape index (κ1) is 30.0. The third-order valence-electron chi connectivity index (χ3n) is 6.07. The zero-order valence-corrected chi connectivity index (χ0v) is 26.3. The van der Waals surface area contributed by atoms with Gasteiger partial charge in [-0.05, 0) is 44.5 Å². The molecule has 0 saturated heterocycles. The van der Waals surface area contributed by atoms with E-state index in [4.69, 9.17) is 14.2 Å². The highest BCUT2D eigenvalue weighted by Gasteiger charge is 2.28. The molecule has 1 aromatic carbocycles. The van der Waals surface area contributed by atoms with Crippen molar-refractivity contribution < 1.29 is 19.0 Å². The Morgan fingerprint density at radius 1 is 1.05 bits per heavy atom. The summed E-state index contributed by atoms with van der Waals surface area (Å²) in [5, 5.41) is 0.828. The molecule has 3 aromatic rings. The second-order valence-electron chi connectivity index (χ2n) is 11.9. The van der Waals surface area contributed by atoms with Crippen LogP contribution in [0.1, 0.15) is 32.2 Å². The summed E-state index contributed by atoms with van der Waals surface area (Å²) in [4.78, 5) is 31.7. The van der Waals surface area contributed by atoms with Gasteiger partial charge in [-0.3, -0.25) is 9.80 Å². The van der Waals surface area contributed by atoms with Crippen molar-refractivity contribution in [1.82, 2.24) is 24.4 Å². The number of hydrogen-bond donors (Lipinski definition) is 0. The van der Waals surface area contributed by atoms with Crippen LogP contribution >= 0.6 is 11.8 Å². The van der Waals surface area contributed by atoms with Gasteiger partial charge in [0.05, 0.1) is 12.2 Å². The van der Waals surface area contributed by atoms with Crippen molar-refractivity contribution in [3.63, 3.8) is 0 Å². The van der Waals surface area contributed by atoms with Crippen LogP contribution < -0.4 is 4.90 Å². The topological polar surface area (TPSA) is 94.8 Å². The van der Waals surface area contributed by atoms with E-state index >= 15 is 0 Å². The van der Waals surface area contributed by atoms with Gasteiger partial charge in [-0.1, -0.05) is 37.5 Å². The van der Waals surface area contributed by atoms with E-state index in [1.165, 1.54) is 0 Å². The Labute approximate surface area is 242 Å². The molecule has 0 fully saturated rings. The summed E-state index contributed by atoms with van der Waals surface area (Å²) < 4.78 is 19.2. The highest BCUT2D eigenvalue weighted by atomic mass is 32.2. The average molecular weight is 585 g/mol. The molecular weight excluding hydrogens is 544 g/mol. The number of aromatic nitrogens is 4. The maximum Gasteiger partial charge on any atom is 0.410 e. The van der Waals surface area contributed by atoms with E-state index in [0.29, 0.717) is 26.6 Å². The zero-order chi connectivity index (χ0) is 28.9. The Morgan fingerprint density at radius 3 is 2.55 bits per heavy atom. The van der Waals surface area contributed by atoms with Gasteiger partial charge < -0.3 is 18.8 Å². The normalized spacial score (nSPS) is 13.1. The fraction of sp³-hybridized carbons (Fsp3) is 0.500. The molecule has 2 aromatic heterocycles. The van der Waals surface area contributed by atoms with Gasteiger partial charge in [0.2, 0.25) is 0 Å². The van der Waals surface area contributed by atoms with E-state index in [1.54, 1.807) is 42.4 Å². The first-order valence-electron chi connectivity index (χ1n) is 13.4. The van der Waals surface area contributed by atoms with Crippen LogP contribution in [0.15, 0.2) is 52.9 Å².